The second-order valence-corrected chi connectivity index (χ2v) is 6.80. The zero-order valence-electron chi connectivity index (χ0n) is 11.7. The van der Waals surface area contributed by atoms with Gasteiger partial charge in [0, 0.05) is 30.2 Å². The molecule has 0 aromatic heterocycles. The van der Waals surface area contributed by atoms with E-state index in [-0.39, 0.29) is 11.3 Å². The molecule has 19 heavy (non-hydrogen) atoms. The van der Waals surface area contributed by atoms with Crippen molar-refractivity contribution in [2.24, 2.45) is 11.3 Å². The second-order valence-electron chi connectivity index (χ2n) is 6.39. The summed E-state index contributed by atoms with van der Waals surface area (Å²) in [5, 5.41) is 0.668. The highest BCUT2D eigenvalue weighted by molar-refractivity contribution is 6.31. The van der Waals surface area contributed by atoms with Gasteiger partial charge in [0.15, 0.2) is 0 Å². The van der Waals surface area contributed by atoms with E-state index in [1.807, 2.05) is 11.0 Å². The number of nitrogens with two attached hydrogens (primary N) is 1. The summed E-state index contributed by atoms with van der Waals surface area (Å²) in [6.07, 6.45) is 0.628. The van der Waals surface area contributed by atoms with Gasteiger partial charge in [-0.05, 0) is 35.1 Å². The number of hydrogen-bond donors (Lipinski definition) is 1. The Hall–Kier alpha value is -1.22. The molecule has 1 aliphatic heterocycles. The molecular weight excluding hydrogens is 260 g/mol. The van der Waals surface area contributed by atoms with Crippen LogP contribution in [0.1, 0.15) is 32.8 Å². The van der Waals surface area contributed by atoms with Crippen LogP contribution in [0.2, 0.25) is 5.02 Å². The molecule has 2 N–H and O–H groups in total. The molecule has 1 heterocycles. The average molecular weight is 281 g/mol. The van der Waals surface area contributed by atoms with E-state index in [1.54, 1.807) is 12.1 Å². The summed E-state index contributed by atoms with van der Waals surface area (Å²) in [5.41, 5.74) is 7.53. The third-order valence-corrected chi connectivity index (χ3v) is 4.24. The first-order valence-electron chi connectivity index (χ1n) is 6.59. The quantitative estimate of drug-likeness (QED) is 0.845. The van der Waals surface area contributed by atoms with Crippen molar-refractivity contribution in [3.8, 4) is 0 Å². The molecule has 0 saturated carbocycles. The van der Waals surface area contributed by atoms with Crippen LogP contribution in [0.5, 0.6) is 0 Å². The maximum Gasteiger partial charge on any atom is 0.223 e. The molecule has 1 unspecified atom stereocenters. The normalized spacial score (nSPS) is 20.1. The van der Waals surface area contributed by atoms with Gasteiger partial charge >= 0.3 is 0 Å². The van der Waals surface area contributed by atoms with Gasteiger partial charge in [-0.1, -0.05) is 32.4 Å². The fourth-order valence-electron chi connectivity index (χ4n) is 2.43. The largest absolute Gasteiger partial charge is 0.399 e. The average Bonchev–Trinajstić information content (AvgIpc) is 2.65. The predicted molar refractivity (Wildman–Crippen MR) is 78.8 cm³/mol. The van der Waals surface area contributed by atoms with Crippen molar-refractivity contribution in [1.82, 2.24) is 4.90 Å². The maximum absolute atomic E-state index is 12.1. The molecule has 104 valence electrons. The maximum atomic E-state index is 12.1. The monoisotopic (exact) mass is 280 g/mol. The zero-order valence-corrected chi connectivity index (χ0v) is 12.5. The zero-order chi connectivity index (χ0) is 14.2. The number of hydrogen-bond acceptors (Lipinski definition) is 2. The van der Waals surface area contributed by atoms with Gasteiger partial charge < -0.3 is 10.6 Å². The molecule has 1 aromatic carbocycles. The lowest BCUT2D eigenvalue weighted by Crippen LogP contribution is -2.27. The third-order valence-electron chi connectivity index (χ3n) is 3.87. The number of nitrogens with zero attached hydrogens (tertiary/aromatic N) is 1. The molecule has 1 aliphatic rings. The van der Waals surface area contributed by atoms with Gasteiger partial charge in [0.2, 0.25) is 5.91 Å². The molecule has 2 rings (SSSR count). The van der Waals surface area contributed by atoms with E-state index in [1.165, 1.54) is 0 Å². The summed E-state index contributed by atoms with van der Waals surface area (Å²) in [7, 11) is 0. The van der Waals surface area contributed by atoms with Crippen LogP contribution in [-0.4, -0.2) is 17.4 Å². The smallest absolute Gasteiger partial charge is 0.223 e. The van der Waals surface area contributed by atoms with E-state index >= 15 is 0 Å². The number of carbonyl (C=O) groups is 1. The van der Waals surface area contributed by atoms with Gasteiger partial charge in [0.05, 0.1) is 0 Å². The van der Waals surface area contributed by atoms with Crippen molar-refractivity contribution < 1.29 is 4.79 Å². The van der Waals surface area contributed by atoms with E-state index in [0.717, 1.165) is 12.1 Å². The molecule has 1 aromatic rings. The van der Waals surface area contributed by atoms with Crippen LogP contribution in [0, 0.1) is 11.3 Å². The van der Waals surface area contributed by atoms with Crippen molar-refractivity contribution in [3.63, 3.8) is 0 Å². The van der Waals surface area contributed by atoms with Gasteiger partial charge in [-0.3, -0.25) is 4.79 Å². The van der Waals surface area contributed by atoms with Crippen molar-refractivity contribution in [3.05, 3.63) is 28.8 Å². The van der Waals surface area contributed by atoms with E-state index in [0.29, 0.717) is 29.6 Å². The number of carbonyl (C=O) groups excluding carboxylic acids is 1. The van der Waals surface area contributed by atoms with Crippen molar-refractivity contribution in [1.29, 1.82) is 0 Å². The Kier molecular flexibility index (Phi) is 3.77. The summed E-state index contributed by atoms with van der Waals surface area (Å²) in [6.45, 7) is 7.90. The number of amides is 1. The molecule has 0 spiro atoms. The second kappa shape index (κ2) is 5.04. The van der Waals surface area contributed by atoms with Gasteiger partial charge in [-0.15, -0.1) is 0 Å². The van der Waals surface area contributed by atoms with Crippen LogP contribution in [0.3, 0.4) is 0 Å². The fourth-order valence-corrected chi connectivity index (χ4v) is 2.60. The molecule has 3 nitrogen and oxygen atoms in total. The summed E-state index contributed by atoms with van der Waals surface area (Å²) in [4.78, 5) is 14.0. The molecule has 4 heteroatoms. The third kappa shape index (κ3) is 3.21. The Balaban J connectivity index is 2.12. The minimum absolute atomic E-state index is 0.157. The number of benzene rings is 1. The summed E-state index contributed by atoms with van der Waals surface area (Å²) < 4.78 is 0. The van der Waals surface area contributed by atoms with Crippen molar-refractivity contribution in [2.75, 3.05) is 12.3 Å². The minimum atomic E-state index is 0.157. The summed E-state index contributed by atoms with van der Waals surface area (Å²) in [5.74, 6) is 0.609. The Labute approximate surface area is 119 Å². The highest BCUT2D eigenvalue weighted by atomic mass is 35.5. The number of rotatable bonds is 2. The lowest BCUT2D eigenvalue weighted by atomic mass is 9.80. The Morgan fingerprint density at radius 3 is 2.68 bits per heavy atom. The van der Waals surface area contributed by atoms with Crippen LogP contribution >= 0.6 is 11.6 Å². The molecule has 1 amide bonds. The minimum Gasteiger partial charge on any atom is -0.399 e. The van der Waals surface area contributed by atoms with Crippen LogP contribution in [0.15, 0.2) is 18.2 Å². The van der Waals surface area contributed by atoms with Crippen LogP contribution in [0.4, 0.5) is 5.69 Å². The predicted octanol–water partition coefficient (Wildman–Crippen LogP) is 3.32. The number of halogens is 1. The highest BCUT2D eigenvalue weighted by Gasteiger charge is 2.36. The molecular formula is C15H21ClN2O. The van der Waals surface area contributed by atoms with E-state index < -0.39 is 0 Å². The first-order valence-corrected chi connectivity index (χ1v) is 6.97. The van der Waals surface area contributed by atoms with Crippen LogP contribution in [0.25, 0.3) is 0 Å². The first-order chi connectivity index (χ1) is 8.77. The molecule has 1 fully saturated rings. The van der Waals surface area contributed by atoms with Gasteiger partial charge in [0.1, 0.15) is 0 Å². The van der Waals surface area contributed by atoms with Crippen LogP contribution in [-0.2, 0) is 11.3 Å². The van der Waals surface area contributed by atoms with Gasteiger partial charge in [-0.25, -0.2) is 0 Å². The topological polar surface area (TPSA) is 46.3 Å². The number of likely N-dealkylation sites (tertiary alicyclic amines) is 1. The summed E-state index contributed by atoms with van der Waals surface area (Å²) in [6, 6.07) is 5.41. The molecule has 0 bridgehead atoms. The van der Waals surface area contributed by atoms with Crippen LogP contribution < -0.4 is 5.73 Å². The standard InChI is InChI=1S/C15H21ClN2O/c1-15(2,3)11-7-14(19)18(9-11)8-10-6-12(17)4-5-13(10)16/h4-6,11H,7-9,17H2,1-3H3. The molecule has 0 radical (unpaired) electrons. The Morgan fingerprint density at radius 1 is 1.42 bits per heavy atom. The number of nitrogen functional groups attached to an aromatic ring is 1. The van der Waals surface area contributed by atoms with Crippen molar-refractivity contribution in [2.45, 2.75) is 33.7 Å². The fraction of sp³-hybridized carbons (Fsp3) is 0.533. The number of anilines is 1. The van der Waals surface area contributed by atoms with Gasteiger partial charge in [-0.2, -0.15) is 0 Å². The SMILES string of the molecule is CC(C)(C)C1CC(=O)N(Cc2cc(N)ccc2Cl)C1. The highest BCUT2D eigenvalue weighted by Crippen LogP contribution is 2.35. The molecule has 0 aliphatic carbocycles. The summed E-state index contributed by atoms with van der Waals surface area (Å²) >= 11 is 6.16. The van der Waals surface area contributed by atoms with Gasteiger partial charge in [0.25, 0.3) is 0 Å². The Bertz CT molecular complexity index is 493. The van der Waals surface area contributed by atoms with E-state index in [9.17, 15) is 4.79 Å². The first kappa shape index (κ1) is 14.2. The van der Waals surface area contributed by atoms with E-state index in [4.69, 9.17) is 17.3 Å². The lowest BCUT2D eigenvalue weighted by Gasteiger charge is -2.26. The van der Waals surface area contributed by atoms with Crippen molar-refractivity contribution >= 4 is 23.2 Å². The van der Waals surface area contributed by atoms with E-state index in [2.05, 4.69) is 20.8 Å². The lowest BCUT2D eigenvalue weighted by molar-refractivity contribution is -0.128. The molecule has 1 saturated heterocycles. The molecule has 1 atom stereocenters. The Morgan fingerprint density at radius 2 is 2.11 bits per heavy atom.